The van der Waals surface area contributed by atoms with Gasteiger partial charge in [-0.05, 0) is 38.8 Å². The third-order valence-electron chi connectivity index (χ3n) is 4.63. The molecule has 4 N–H and O–H groups in total. The smallest absolute Gasteiger partial charge is 0.244 e. The van der Waals surface area contributed by atoms with Gasteiger partial charge in [0.15, 0.2) is 0 Å². The molecular weight excluding hydrogens is 408 g/mol. The van der Waals surface area contributed by atoms with Gasteiger partial charge in [0.05, 0.1) is 12.2 Å². The van der Waals surface area contributed by atoms with Crippen LogP contribution >= 0.6 is 0 Å². The SMILES string of the molecule is CC(/C=C/C(C)O)=C\C(=O)NCC(C)(C)C(=O)C(C)(C)CNC(=O)/C=C(C)/C=C/C(C)O. The lowest BCUT2D eigenvalue weighted by Gasteiger charge is -2.33. The van der Waals surface area contributed by atoms with Crippen LogP contribution in [-0.4, -0.2) is 53.1 Å². The van der Waals surface area contributed by atoms with E-state index in [4.69, 9.17) is 0 Å². The zero-order valence-corrected chi connectivity index (χ0v) is 20.7. The topological polar surface area (TPSA) is 116 Å². The minimum absolute atomic E-state index is 0.0880. The molecule has 0 saturated carbocycles. The molecule has 7 heteroatoms. The van der Waals surface area contributed by atoms with E-state index in [1.807, 2.05) is 0 Å². The van der Waals surface area contributed by atoms with Crippen LogP contribution in [0.25, 0.3) is 0 Å². The molecule has 0 saturated heterocycles. The minimum atomic E-state index is -0.840. The fraction of sp³-hybridized carbons (Fsp3) is 0.560. The molecule has 0 bridgehead atoms. The Hall–Kier alpha value is -2.51. The van der Waals surface area contributed by atoms with Crippen molar-refractivity contribution in [2.45, 2.75) is 67.6 Å². The molecule has 0 rings (SSSR count). The van der Waals surface area contributed by atoms with Crippen LogP contribution in [0.4, 0.5) is 0 Å². The molecule has 0 fully saturated rings. The van der Waals surface area contributed by atoms with Crippen molar-refractivity contribution in [1.82, 2.24) is 10.6 Å². The summed E-state index contributed by atoms with van der Waals surface area (Å²) in [7, 11) is 0. The number of aliphatic hydroxyl groups excluding tert-OH is 2. The number of amides is 2. The van der Waals surface area contributed by atoms with E-state index >= 15 is 0 Å². The number of Topliss-reactive ketones (excluding diaryl/α,β-unsaturated/α-hetero) is 1. The van der Waals surface area contributed by atoms with E-state index in [1.54, 1.807) is 79.7 Å². The highest BCUT2D eigenvalue weighted by Crippen LogP contribution is 2.28. The predicted octanol–water partition coefficient (Wildman–Crippen LogP) is 2.61. The van der Waals surface area contributed by atoms with Gasteiger partial charge in [-0.25, -0.2) is 0 Å². The monoisotopic (exact) mass is 448 g/mol. The number of ketones is 1. The molecule has 180 valence electrons. The van der Waals surface area contributed by atoms with Crippen LogP contribution in [0, 0.1) is 10.8 Å². The molecule has 32 heavy (non-hydrogen) atoms. The fourth-order valence-electron chi connectivity index (χ4n) is 2.89. The van der Waals surface area contributed by atoms with Crippen LogP contribution in [0.5, 0.6) is 0 Å². The predicted molar refractivity (Wildman–Crippen MR) is 128 cm³/mol. The Kier molecular flexibility index (Phi) is 12.1. The van der Waals surface area contributed by atoms with E-state index in [0.29, 0.717) is 11.1 Å². The lowest BCUT2D eigenvalue weighted by molar-refractivity contribution is -0.136. The maximum Gasteiger partial charge on any atom is 0.244 e. The van der Waals surface area contributed by atoms with E-state index in [9.17, 15) is 24.6 Å². The number of nitrogens with one attached hydrogen (secondary N) is 2. The van der Waals surface area contributed by atoms with Crippen LogP contribution in [-0.2, 0) is 14.4 Å². The van der Waals surface area contributed by atoms with Gasteiger partial charge >= 0.3 is 0 Å². The Bertz CT molecular complexity index is 720. The van der Waals surface area contributed by atoms with Gasteiger partial charge in [0.1, 0.15) is 5.78 Å². The van der Waals surface area contributed by atoms with Gasteiger partial charge < -0.3 is 20.8 Å². The zero-order chi connectivity index (χ0) is 25.1. The molecule has 0 heterocycles. The van der Waals surface area contributed by atoms with E-state index in [2.05, 4.69) is 10.6 Å². The van der Waals surface area contributed by atoms with Crippen molar-refractivity contribution in [3.63, 3.8) is 0 Å². The second-order valence-corrected chi connectivity index (χ2v) is 9.51. The van der Waals surface area contributed by atoms with Gasteiger partial charge in [-0.2, -0.15) is 0 Å². The van der Waals surface area contributed by atoms with Crippen molar-refractivity contribution in [3.8, 4) is 0 Å². The van der Waals surface area contributed by atoms with Crippen molar-refractivity contribution in [2.75, 3.05) is 13.1 Å². The number of carbonyl (C=O) groups excluding carboxylic acids is 3. The summed E-state index contributed by atoms with van der Waals surface area (Å²) in [5, 5.41) is 24.0. The molecule has 0 aromatic heterocycles. The third-order valence-corrected chi connectivity index (χ3v) is 4.63. The van der Waals surface area contributed by atoms with E-state index in [1.165, 1.54) is 12.2 Å². The lowest BCUT2D eigenvalue weighted by atomic mass is 9.73. The van der Waals surface area contributed by atoms with Crippen molar-refractivity contribution in [2.24, 2.45) is 10.8 Å². The molecule has 2 atom stereocenters. The second-order valence-electron chi connectivity index (χ2n) is 9.51. The van der Waals surface area contributed by atoms with Gasteiger partial charge in [0.25, 0.3) is 0 Å². The number of allylic oxidation sites excluding steroid dienone is 4. The Morgan fingerprint density at radius 1 is 0.750 bits per heavy atom. The maximum atomic E-state index is 13.1. The zero-order valence-electron chi connectivity index (χ0n) is 20.7. The van der Waals surface area contributed by atoms with Crippen molar-refractivity contribution in [3.05, 3.63) is 47.6 Å². The Labute approximate surface area is 192 Å². The summed E-state index contributed by atoms with van der Waals surface area (Å²) < 4.78 is 0. The third kappa shape index (κ3) is 12.4. The number of rotatable bonds is 12. The van der Waals surface area contributed by atoms with E-state index < -0.39 is 23.0 Å². The molecule has 0 aliphatic heterocycles. The first-order chi connectivity index (χ1) is 14.6. The van der Waals surface area contributed by atoms with Crippen LogP contribution < -0.4 is 10.6 Å². The summed E-state index contributed by atoms with van der Waals surface area (Å²) in [6.07, 6.45) is 8.08. The van der Waals surface area contributed by atoms with Crippen LogP contribution in [0.2, 0.25) is 0 Å². The summed E-state index contributed by atoms with van der Waals surface area (Å²) in [5.41, 5.74) is -0.316. The summed E-state index contributed by atoms with van der Waals surface area (Å²) >= 11 is 0. The van der Waals surface area contributed by atoms with Gasteiger partial charge in [-0.15, -0.1) is 0 Å². The molecule has 0 spiro atoms. The fourth-order valence-corrected chi connectivity index (χ4v) is 2.89. The Balaban J connectivity index is 4.94. The van der Waals surface area contributed by atoms with Crippen LogP contribution in [0.15, 0.2) is 47.6 Å². The van der Waals surface area contributed by atoms with Gasteiger partial charge in [-0.1, -0.05) is 52.0 Å². The summed E-state index contributed by atoms with van der Waals surface area (Å²) in [5.74, 6) is -0.735. The van der Waals surface area contributed by atoms with Crippen molar-refractivity contribution >= 4 is 17.6 Å². The van der Waals surface area contributed by atoms with Crippen LogP contribution in [0.1, 0.15) is 55.4 Å². The highest BCUT2D eigenvalue weighted by Gasteiger charge is 2.39. The summed E-state index contributed by atoms with van der Waals surface area (Å²) in [6.45, 7) is 14.1. The average molecular weight is 449 g/mol. The molecule has 2 amide bonds. The summed E-state index contributed by atoms with van der Waals surface area (Å²) in [4.78, 5) is 37.4. The first kappa shape index (κ1) is 29.5. The highest BCUT2D eigenvalue weighted by atomic mass is 16.3. The molecule has 0 aromatic rings. The second kappa shape index (κ2) is 13.1. The Morgan fingerprint density at radius 3 is 1.34 bits per heavy atom. The van der Waals surface area contributed by atoms with E-state index in [-0.39, 0.29) is 30.7 Å². The highest BCUT2D eigenvalue weighted by molar-refractivity contribution is 5.93. The lowest BCUT2D eigenvalue weighted by Crippen LogP contribution is -2.48. The first-order valence-electron chi connectivity index (χ1n) is 10.8. The molecule has 7 nitrogen and oxygen atoms in total. The molecule has 0 aliphatic rings. The van der Waals surface area contributed by atoms with Gasteiger partial charge in [0, 0.05) is 36.1 Å². The molecule has 0 radical (unpaired) electrons. The minimum Gasteiger partial charge on any atom is -0.389 e. The van der Waals surface area contributed by atoms with Gasteiger partial charge in [-0.3, -0.25) is 14.4 Å². The summed E-state index contributed by atoms with van der Waals surface area (Å²) in [6, 6.07) is 0. The number of aliphatic hydroxyl groups is 2. The first-order valence-corrected chi connectivity index (χ1v) is 10.8. The normalized spacial score (nSPS) is 15.7. The van der Waals surface area contributed by atoms with Crippen molar-refractivity contribution < 1.29 is 24.6 Å². The van der Waals surface area contributed by atoms with Crippen LogP contribution in [0.3, 0.4) is 0 Å². The number of carbonyl (C=O) groups is 3. The van der Waals surface area contributed by atoms with Crippen molar-refractivity contribution in [1.29, 1.82) is 0 Å². The largest absolute Gasteiger partial charge is 0.389 e. The van der Waals surface area contributed by atoms with Gasteiger partial charge in [0.2, 0.25) is 11.8 Å². The number of hydrogen-bond donors (Lipinski definition) is 4. The molecule has 2 unspecified atom stereocenters. The van der Waals surface area contributed by atoms with E-state index in [0.717, 1.165) is 0 Å². The number of hydrogen-bond acceptors (Lipinski definition) is 5. The molecule has 0 aliphatic carbocycles. The molecule has 0 aromatic carbocycles. The molecular formula is C25H40N2O5. The Morgan fingerprint density at radius 2 is 1.06 bits per heavy atom. The quantitative estimate of drug-likeness (QED) is 0.271. The standard InChI is InChI=1S/C25H40N2O5/c1-17(9-11-19(3)28)13-21(30)26-15-24(5,6)23(32)25(7,8)16-27-22(31)14-18(2)10-12-20(4)29/h9-14,19-20,28-29H,15-16H2,1-8H3,(H,26,30)(H,27,31)/b11-9+,12-10+,17-13+,18-14+. The average Bonchev–Trinajstić information content (AvgIpc) is 2.67. The maximum absolute atomic E-state index is 13.1.